The van der Waals surface area contributed by atoms with E-state index in [2.05, 4.69) is 59.0 Å². The van der Waals surface area contributed by atoms with Crippen LogP contribution in [-0.4, -0.2) is 26.5 Å². The summed E-state index contributed by atoms with van der Waals surface area (Å²) in [6, 6.07) is 14.6. The average molecular weight is 333 g/mol. The lowest BCUT2D eigenvalue weighted by Crippen LogP contribution is -2.35. The Balaban J connectivity index is 1.73. The average Bonchev–Trinajstić information content (AvgIpc) is 3.08. The fraction of sp³-hybridized carbons (Fsp3) is 0.286. The van der Waals surface area contributed by atoms with Gasteiger partial charge in [0.05, 0.1) is 18.1 Å². The quantitative estimate of drug-likeness (QED) is 0.765. The number of aryl methyl sites for hydroxylation is 2. The Labute approximate surface area is 148 Å². The van der Waals surface area contributed by atoms with Crippen LogP contribution in [0.4, 0.5) is 0 Å². The Bertz CT molecular complexity index is 882. The van der Waals surface area contributed by atoms with Gasteiger partial charge in [0.1, 0.15) is 5.75 Å². The number of imidazole rings is 1. The van der Waals surface area contributed by atoms with E-state index in [1.165, 1.54) is 16.8 Å². The van der Waals surface area contributed by atoms with E-state index in [9.17, 15) is 5.11 Å². The summed E-state index contributed by atoms with van der Waals surface area (Å²) in [5.74, 6) is 0.362. The molecule has 128 valence electrons. The van der Waals surface area contributed by atoms with E-state index in [0.717, 1.165) is 29.8 Å². The summed E-state index contributed by atoms with van der Waals surface area (Å²) < 4.78 is 0. The Morgan fingerprint density at radius 2 is 1.88 bits per heavy atom. The molecule has 0 saturated carbocycles. The highest BCUT2D eigenvalue weighted by Crippen LogP contribution is 2.35. The Hall–Kier alpha value is -2.59. The zero-order chi connectivity index (χ0) is 17.4. The number of phenols is 1. The first-order valence-corrected chi connectivity index (χ1v) is 8.73. The molecule has 0 amide bonds. The highest BCUT2D eigenvalue weighted by atomic mass is 16.3. The number of H-pyrrole nitrogens is 1. The van der Waals surface area contributed by atoms with Gasteiger partial charge in [-0.3, -0.25) is 4.90 Å². The number of aromatic amines is 1. The molecular formula is C21H23N3O. The van der Waals surface area contributed by atoms with E-state index in [-0.39, 0.29) is 6.04 Å². The molecule has 2 N–H and O–H groups in total. The van der Waals surface area contributed by atoms with Gasteiger partial charge in [-0.05, 0) is 25.5 Å². The molecule has 0 spiro atoms. The van der Waals surface area contributed by atoms with Crippen molar-refractivity contribution >= 4 is 0 Å². The van der Waals surface area contributed by atoms with Crippen molar-refractivity contribution in [3.8, 4) is 5.75 Å². The third-order valence-electron chi connectivity index (χ3n) is 5.03. The van der Waals surface area contributed by atoms with Crippen molar-refractivity contribution in [3.63, 3.8) is 0 Å². The predicted molar refractivity (Wildman–Crippen MR) is 98.6 cm³/mol. The van der Waals surface area contributed by atoms with Gasteiger partial charge in [-0.15, -0.1) is 0 Å². The third-order valence-corrected chi connectivity index (χ3v) is 5.03. The van der Waals surface area contributed by atoms with Crippen LogP contribution in [0.5, 0.6) is 5.75 Å². The minimum absolute atomic E-state index is 0.107. The molecule has 1 aliphatic rings. The lowest BCUT2D eigenvalue weighted by atomic mass is 9.94. The van der Waals surface area contributed by atoms with Crippen LogP contribution in [0.2, 0.25) is 0 Å². The number of benzene rings is 2. The molecule has 1 aliphatic heterocycles. The molecule has 4 nitrogen and oxygen atoms in total. The summed E-state index contributed by atoms with van der Waals surface area (Å²) >= 11 is 0. The van der Waals surface area contributed by atoms with Crippen molar-refractivity contribution in [2.45, 2.75) is 32.9 Å². The van der Waals surface area contributed by atoms with Crippen LogP contribution in [0.3, 0.4) is 0 Å². The van der Waals surface area contributed by atoms with Gasteiger partial charge in [0, 0.05) is 30.8 Å². The number of nitrogens with one attached hydrogen (secondary N) is 1. The number of hydrogen-bond donors (Lipinski definition) is 2. The topological polar surface area (TPSA) is 52.2 Å². The second-order valence-corrected chi connectivity index (χ2v) is 6.93. The maximum absolute atomic E-state index is 10.3. The largest absolute Gasteiger partial charge is 0.508 e. The first-order valence-electron chi connectivity index (χ1n) is 8.73. The standard InChI is InChI=1S/C21H23N3O/c1-14-3-6-16(7-4-14)21-20-18(22-13-23-20)9-10-24(21)12-17-11-15(2)5-8-19(17)25/h3-8,11,13,21,25H,9-10,12H2,1-2H3,(H,22,23). The van der Waals surface area contributed by atoms with Gasteiger partial charge < -0.3 is 10.1 Å². The van der Waals surface area contributed by atoms with Crippen molar-refractivity contribution in [2.24, 2.45) is 0 Å². The Morgan fingerprint density at radius 3 is 2.68 bits per heavy atom. The maximum atomic E-state index is 10.3. The van der Waals surface area contributed by atoms with Gasteiger partial charge >= 0.3 is 0 Å². The monoisotopic (exact) mass is 333 g/mol. The van der Waals surface area contributed by atoms with E-state index in [1.54, 1.807) is 12.4 Å². The highest BCUT2D eigenvalue weighted by molar-refractivity contribution is 5.38. The molecule has 1 unspecified atom stereocenters. The molecular weight excluding hydrogens is 310 g/mol. The van der Waals surface area contributed by atoms with Crippen LogP contribution >= 0.6 is 0 Å². The van der Waals surface area contributed by atoms with E-state index in [4.69, 9.17) is 0 Å². The molecule has 0 bridgehead atoms. The fourth-order valence-corrected chi connectivity index (χ4v) is 3.67. The molecule has 2 heterocycles. The summed E-state index contributed by atoms with van der Waals surface area (Å²) in [4.78, 5) is 10.3. The molecule has 0 saturated heterocycles. The highest BCUT2D eigenvalue weighted by Gasteiger charge is 2.31. The van der Waals surface area contributed by atoms with Crippen molar-refractivity contribution in [3.05, 3.63) is 82.4 Å². The van der Waals surface area contributed by atoms with Crippen LogP contribution in [0.1, 0.15) is 39.7 Å². The summed E-state index contributed by atoms with van der Waals surface area (Å²) in [5.41, 5.74) is 6.95. The molecule has 1 aromatic heterocycles. The fourth-order valence-electron chi connectivity index (χ4n) is 3.67. The molecule has 0 fully saturated rings. The summed E-state index contributed by atoms with van der Waals surface area (Å²) in [5, 5.41) is 10.3. The number of aromatic nitrogens is 2. The van der Waals surface area contributed by atoms with E-state index in [0.29, 0.717) is 12.3 Å². The van der Waals surface area contributed by atoms with Crippen LogP contribution in [0, 0.1) is 13.8 Å². The van der Waals surface area contributed by atoms with Crippen LogP contribution in [0.25, 0.3) is 0 Å². The predicted octanol–water partition coefficient (Wildman–Crippen LogP) is 3.88. The van der Waals surface area contributed by atoms with E-state index < -0.39 is 0 Å². The van der Waals surface area contributed by atoms with E-state index in [1.807, 2.05) is 6.07 Å². The zero-order valence-corrected chi connectivity index (χ0v) is 14.7. The van der Waals surface area contributed by atoms with Crippen LogP contribution in [0.15, 0.2) is 48.8 Å². The molecule has 1 atom stereocenters. The number of fused-ring (bicyclic) bond motifs is 1. The molecule has 25 heavy (non-hydrogen) atoms. The first kappa shape index (κ1) is 15.9. The lowest BCUT2D eigenvalue weighted by molar-refractivity contribution is 0.198. The van der Waals surface area contributed by atoms with Crippen LogP contribution in [-0.2, 0) is 13.0 Å². The number of phenolic OH excluding ortho intramolecular Hbond substituents is 1. The lowest BCUT2D eigenvalue weighted by Gasteiger charge is -2.35. The molecule has 3 aromatic rings. The molecule has 4 rings (SSSR count). The molecule has 0 radical (unpaired) electrons. The second kappa shape index (κ2) is 6.37. The van der Waals surface area contributed by atoms with E-state index >= 15 is 0 Å². The summed E-state index contributed by atoms with van der Waals surface area (Å²) in [7, 11) is 0. The van der Waals surface area contributed by atoms with Gasteiger partial charge in [0.25, 0.3) is 0 Å². The second-order valence-electron chi connectivity index (χ2n) is 6.93. The Morgan fingerprint density at radius 1 is 1.12 bits per heavy atom. The summed E-state index contributed by atoms with van der Waals surface area (Å²) in [6.07, 6.45) is 2.74. The minimum Gasteiger partial charge on any atom is -0.508 e. The molecule has 2 aromatic carbocycles. The van der Waals surface area contributed by atoms with Gasteiger partial charge in [-0.2, -0.15) is 0 Å². The SMILES string of the molecule is Cc1ccc(C2c3nc[nH]c3CCN2Cc2cc(C)ccc2O)cc1. The van der Waals surface area contributed by atoms with Gasteiger partial charge in [0.2, 0.25) is 0 Å². The van der Waals surface area contributed by atoms with Crippen molar-refractivity contribution in [1.82, 2.24) is 14.9 Å². The minimum atomic E-state index is 0.107. The Kier molecular flexibility index (Phi) is 4.06. The third kappa shape index (κ3) is 3.05. The zero-order valence-electron chi connectivity index (χ0n) is 14.7. The maximum Gasteiger partial charge on any atom is 0.120 e. The normalized spacial score (nSPS) is 17.4. The van der Waals surface area contributed by atoms with Crippen molar-refractivity contribution < 1.29 is 5.11 Å². The smallest absolute Gasteiger partial charge is 0.120 e. The molecule has 0 aliphatic carbocycles. The molecule has 4 heteroatoms. The van der Waals surface area contributed by atoms with Gasteiger partial charge in [-0.25, -0.2) is 4.98 Å². The number of aromatic hydroxyl groups is 1. The van der Waals surface area contributed by atoms with Crippen molar-refractivity contribution in [1.29, 1.82) is 0 Å². The van der Waals surface area contributed by atoms with Gasteiger partial charge in [-0.1, -0.05) is 47.5 Å². The number of rotatable bonds is 3. The number of nitrogens with zero attached hydrogens (tertiary/aromatic N) is 2. The van der Waals surface area contributed by atoms with Gasteiger partial charge in [0.15, 0.2) is 0 Å². The van der Waals surface area contributed by atoms with Crippen LogP contribution < -0.4 is 0 Å². The summed E-state index contributed by atoms with van der Waals surface area (Å²) in [6.45, 7) is 5.80. The van der Waals surface area contributed by atoms with Crippen molar-refractivity contribution in [2.75, 3.05) is 6.54 Å². The number of hydrogen-bond acceptors (Lipinski definition) is 3. The first-order chi connectivity index (χ1) is 12.1.